The smallest absolute Gasteiger partial charge is 0.272 e. The van der Waals surface area contributed by atoms with Gasteiger partial charge in [0.1, 0.15) is 5.69 Å². The molecule has 4 rings (SSSR count). The lowest BCUT2D eigenvalue weighted by Gasteiger charge is -2.35. The van der Waals surface area contributed by atoms with Crippen molar-refractivity contribution in [3.8, 4) is 11.3 Å². The van der Waals surface area contributed by atoms with Crippen molar-refractivity contribution in [3.05, 3.63) is 71.7 Å². The summed E-state index contributed by atoms with van der Waals surface area (Å²) in [4.78, 5) is 30.5. The third-order valence-electron chi connectivity index (χ3n) is 5.13. The maximum Gasteiger partial charge on any atom is 0.272 e. The zero-order valence-electron chi connectivity index (χ0n) is 15.3. The molecule has 3 aromatic rings. The number of pyridine rings is 1. The molecule has 1 saturated heterocycles. The third kappa shape index (κ3) is 3.51. The van der Waals surface area contributed by atoms with E-state index in [4.69, 9.17) is 5.73 Å². The van der Waals surface area contributed by atoms with E-state index in [1.165, 1.54) is 0 Å². The molecule has 1 unspecified atom stereocenters. The Labute approximate surface area is 162 Å². The standard InChI is InChI=1S/C21H21N5O2/c22-20(27)15-6-4-14(5-7-15)17-9-8-16(13-23-17)19-3-1-2-12-26(19)21(28)18-10-11-24-25-18/h4-11,13,19H,1-3,12H2,(H2,22,27)(H,24,25). The Kier molecular flexibility index (Phi) is 4.89. The molecule has 142 valence electrons. The highest BCUT2D eigenvalue weighted by Gasteiger charge is 2.29. The van der Waals surface area contributed by atoms with Crippen molar-refractivity contribution in [1.29, 1.82) is 0 Å². The molecule has 1 aliphatic heterocycles. The summed E-state index contributed by atoms with van der Waals surface area (Å²) < 4.78 is 0. The number of nitrogens with one attached hydrogen (secondary N) is 1. The Hall–Kier alpha value is -3.48. The van der Waals surface area contributed by atoms with Gasteiger partial charge in [0.15, 0.2) is 0 Å². The number of nitrogens with zero attached hydrogens (tertiary/aromatic N) is 3. The monoisotopic (exact) mass is 375 g/mol. The topological polar surface area (TPSA) is 105 Å². The number of rotatable bonds is 4. The molecular weight excluding hydrogens is 354 g/mol. The summed E-state index contributed by atoms with van der Waals surface area (Å²) in [6.07, 6.45) is 6.41. The van der Waals surface area contributed by atoms with Crippen LogP contribution in [-0.4, -0.2) is 38.4 Å². The number of carbonyl (C=O) groups excluding carboxylic acids is 2. The lowest BCUT2D eigenvalue weighted by atomic mass is 9.95. The molecule has 0 bridgehead atoms. The van der Waals surface area contributed by atoms with Crippen LogP contribution in [0.5, 0.6) is 0 Å². The molecule has 0 spiro atoms. The van der Waals surface area contributed by atoms with Gasteiger partial charge in [0.05, 0.1) is 11.7 Å². The Bertz CT molecular complexity index is 965. The fourth-order valence-corrected chi connectivity index (χ4v) is 3.63. The van der Waals surface area contributed by atoms with Gasteiger partial charge < -0.3 is 10.6 Å². The minimum atomic E-state index is -0.450. The van der Waals surface area contributed by atoms with Crippen LogP contribution in [0.1, 0.15) is 51.7 Å². The molecule has 1 atom stereocenters. The van der Waals surface area contributed by atoms with Gasteiger partial charge in [0.25, 0.3) is 5.91 Å². The summed E-state index contributed by atoms with van der Waals surface area (Å²) in [6, 6.07) is 12.7. The van der Waals surface area contributed by atoms with Crippen LogP contribution in [0.3, 0.4) is 0 Å². The second kappa shape index (κ2) is 7.64. The van der Waals surface area contributed by atoms with Crippen molar-refractivity contribution < 1.29 is 9.59 Å². The number of benzene rings is 1. The SMILES string of the molecule is NC(=O)c1ccc(-c2ccc(C3CCCCN3C(=O)c3ccn[nH]3)cn2)cc1. The number of likely N-dealkylation sites (tertiary alicyclic amines) is 1. The average Bonchev–Trinajstić information content (AvgIpc) is 3.28. The molecule has 28 heavy (non-hydrogen) atoms. The Morgan fingerprint density at radius 3 is 2.54 bits per heavy atom. The fourth-order valence-electron chi connectivity index (χ4n) is 3.63. The molecule has 2 amide bonds. The highest BCUT2D eigenvalue weighted by atomic mass is 16.2. The van der Waals surface area contributed by atoms with Crippen molar-refractivity contribution in [2.24, 2.45) is 5.73 Å². The van der Waals surface area contributed by atoms with Crippen molar-refractivity contribution in [3.63, 3.8) is 0 Å². The van der Waals surface area contributed by atoms with E-state index in [9.17, 15) is 9.59 Å². The van der Waals surface area contributed by atoms with Crippen LogP contribution in [0.25, 0.3) is 11.3 Å². The van der Waals surface area contributed by atoms with E-state index in [1.54, 1.807) is 24.4 Å². The first-order valence-corrected chi connectivity index (χ1v) is 9.30. The summed E-state index contributed by atoms with van der Waals surface area (Å²) in [7, 11) is 0. The van der Waals surface area contributed by atoms with Crippen molar-refractivity contribution in [2.75, 3.05) is 6.54 Å². The predicted molar refractivity (Wildman–Crippen MR) is 104 cm³/mol. The van der Waals surface area contributed by atoms with Gasteiger partial charge in [-0.15, -0.1) is 0 Å². The highest BCUT2D eigenvalue weighted by molar-refractivity contribution is 5.93. The zero-order chi connectivity index (χ0) is 19.5. The number of piperidine rings is 1. The molecular formula is C21H21N5O2. The lowest BCUT2D eigenvalue weighted by Crippen LogP contribution is -2.38. The molecule has 0 saturated carbocycles. The number of hydrogen-bond donors (Lipinski definition) is 2. The minimum absolute atomic E-state index is 0.00309. The van der Waals surface area contributed by atoms with Crippen LogP contribution in [0, 0.1) is 0 Å². The van der Waals surface area contributed by atoms with E-state index in [-0.39, 0.29) is 11.9 Å². The van der Waals surface area contributed by atoms with Gasteiger partial charge >= 0.3 is 0 Å². The molecule has 7 heteroatoms. The lowest BCUT2D eigenvalue weighted by molar-refractivity contribution is 0.0605. The normalized spacial score (nSPS) is 16.7. The summed E-state index contributed by atoms with van der Waals surface area (Å²) in [5.74, 6) is -0.484. The van der Waals surface area contributed by atoms with E-state index in [0.717, 1.165) is 42.6 Å². The summed E-state index contributed by atoms with van der Waals surface area (Å²) in [5.41, 5.74) is 8.99. The average molecular weight is 375 g/mol. The number of aromatic amines is 1. The number of hydrogen-bond acceptors (Lipinski definition) is 4. The van der Waals surface area contributed by atoms with Gasteiger partial charge in [-0.25, -0.2) is 0 Å². The zero-order valence-corrected chi connectivity index (χ0v) is 15.3. The maximum absolute atomic E-state index is 12.8. The molecule has 1 aromatic carbocycles. The van der Waals surface area contributed by atoms with Gasteiger partial charge in [-0.2, -0.15) is 5.10 Å². The number of aromatic nitrogens is 3. The highest BCUT2D eigenvalue weighted by Crippen LogP contribution is 2.32. The number of amides is 2. The van der Waals surface area contributed by atoms with Crippen LogP contribution in [0.2, 0.25) is 0 Å². The fraction of sp³-hybridized carbons (Fsp3) is 0.238. The Morgan fingerprint density at radius 1 is 1.07 bits per heavy atom. The first-order chi connectivity index (χ1) is 13.6. The van der Waals surface area contributed by atoms with E-state index in [0.29, 0.717) is 11.3 Å². The van der Waals surface area contributed by atoms with Crippen LogP contribution in [0.4, 0.5) is 0 Å². The van der Waals surface area contributed by atoms with Gasteiger partial charge in [0.2, 0.25) is 5.91 Å². The summed E-state index contributed by atoms with van der Waals surface area (Å²) in [5, 5.41) is 6.64. The summed E-state index contributed by atoms with van der Waals surface area (Å²) >= 11 is 0. The number of primary amides is 1. The second-order valence-corrected chi connectivity index (χ2v) is 6.90. The predicted octanol–water partition coefficient (Wildman–Crippen LogP) is 2.94. The molecule has 3 N–H and O–H groups in total. The minimum Gasteiger partial charge on any atom is -0.366 e. The van der Waals surface area contributed by atoms with E-state index in [2.05, 4.69) is 15.2 Å². The number of carbonyl (C=O) groups is 2. The Morgan fingerprint density at radius 2 is 1.89 bits per heavy atom. The van der Waals surface area contributed by atoms with Crippen LogP contribution in [-0.2, 0) is 0 Å². The first kappa shape index (κ1) is 17.9. The largest absolute Gasteiger partial charge is 0.366 e. The van der Waals surface area contributed by atoms with Crippen molar-refractivity contribution >= 4 is 11.8 Å². The van der Waals surface area contributed by atoms with Crippen LogP contribution in [0.15, 0.2) is 54.9 Å². The Balaban J connectivity index is 1.56. The van der Waals surface area contributed by atoms with E-state index >= 15 is 0 Å². The second-order valence-electron chi connectivity index (χ2n) is 6.90. The third-order valence-corrected chi connectivity index (χ3v) is 5.13. The number of nitrogens with two attached hydrogens (primary N) is 1. The molecule has 7 nitrogen and oxygen atoms in total. The maximum atomic E-state index is 12.8. The van der Waals surface area contributed by atoms with E-state index < -0.39 is 5.91 Å². The molecule has 1 aliphatic rings. The molecule has 2 aromatic heterocycles. The van der Waals surface area contributed by atoms with Crippen LogP contribution >= 0.6 is 0 Å². The van der Waals surface area contributed by atoms with Gasteiger partial charge in [-0.1, -0.05) is 18.2 Å². The molecule has 0 aliphatic carbocycles. The first-order valence-electron chi connectivity index (χ1n) is 9.30. The van der Waals surface area contributed by atoms with Crippen LogP contribution < -0.4 is 5.73 Å². The van der Waals surface area contributed by atoms with E-state index in [1.807, 2.05) is 35.4 Å². The van der Waals surface area contributed by atoms with Gasteiger partial charge in [0, 0.05) is 30.1 Å². The van der Waals surface area contributed by atoms with Gasteiger partial charge in [-0.3, -0.25) is 19.7 Å². The van der Waals surface area contributed by atoms with Crippen molar-refractivity contribution in [1.82, 2.24) is 20.1 Å². The molecule has 0 radical (unpaired) electrons. The summed E-state index contributed by atoms with van der Waals surface area (Å²) in [6.45, 7) is 0.721. The number of H-pyrrole nitrogens is 1. The molecule has 3 heterocycles. The molecule has 1 fully saturated rings. The van der Waals surface area contributed by atoms with Crippen molar-refractivity contribution in [2.45, 2.75) is 25.3 Å². The van der Waals surface area contributed by atoms with Gasteiger partial charge in [-0.05, 0) is 49.1 Å². The quantitative estimate of drug-likeness (QED) is 0.731.